The Morgan fingerprint density at radius 3 is 2.87 bits per heavy atom. The lowest BCUT2D eigenvalue weighted by Crippen LogP contribution is -2.47. The maximum atomic E-state index is 12.4. The molecule has 0 saturated heterocycles. The number of aromatic amines is 1. The number of allylic oxidation sites excluding steroid dienone is 1. The number of nitrogens with zero attached hydrogens (tertiary/aromatic N) is 2. The molecule has 30 heavy (non-hydrogen) atoms. The highest BCUT2D eigenvalue weighted by Crippen LogP contribution is 2.43. The third-order valence-corrected chi connectivity index (χ3v) is 8.99. The molecule has 2 aromatic rings. The minimum atomic E-state index is -1.24. The molecule has 2 aliphatic rings. The summed E-state index contributed by atoms with van der Waals surface area (Å²) in [5, 5.41) is 0.610. The maximum absolute atomic E-state index is 12.4. The molecule has 0 spiro atoms. The minimum absolute atomic E-state index is 0.192. The monoisotopic (exact) mass is 466 g/mol. The molecular weight excluding hydrogens is 440 g/mol. The molecule has 0 bridgehead atoms. The topological polar surface area (TPSA) is 83.7 Å². The normalized spacial score (nSPS) is 29.8. The molecule has 4 atom stereocenters. The molecule has 0 amide bonds. The second-order valence-electron chi connectivity index (χ2n) is 8.35. The summed E-state index contributed by atoms with van der Waals surface area (Å²) in [7, 11) is 0.441. The second kappa shape index (κ2) is 8.05. The Balaban J connectivity index is 1.64. The van der Waals surface area contributed by atoms with Crippen molar-refractivity contribution >= 4 is 45.6 Å². The Kier molecular flexibility index (Phi) is 5.76. The number of aromatic nitrogens is 1. The summed E-state index contributed by atoms with van der Waals surface area (Å²) in [6.07, 6.45) is 4.42. The van der Waals surface area contributed by atoms with Crippen LogP contribution in [-0.4, -0.2) is 38.4 Å². The van der Waals surface area contributed by atoms with Gasteiger partial charge in [0.05, 0.1) is 38.0 Å². The van der Waals surface area contributed by atoms with Crippen molar-refractivity contribution in [2.45, 2.75) is 45.3 Å². The molecule has 162 valence electrons. The van der Waals surface area contributed by atoms with E-state index in [0.717, 1.165) is 39.7 Å². The fourth-order valence-corrected chi connectivity index (χ4v) is 6.76. The summed E-state index contributed by atoms with van der Waals surface area (Å²) < 4.78 is 20.1. The minimum Gasteiger partial charge on any atom is -0.489 e. The van der Waals surface area contributed by atoms with Gasteiger partial charge >= 0.3 is 0 Å². The first-order valence-corrected chi connectivity index (χ1v) is 12.5. The number of rotatable bonds is 3. The Morgan fingerprint density at radius 2 is 2.13 bits per heavy atom. The number of nitrogens with two attached hydrogens (primary N) is 1. The van der Waals surface area contributed by atoms with Crippen LogP contribution >= 0.6 is 22.9 Å². The van der Waals surface area contributed by atoms with E-state index < -0.39 is 16.5 Å². The van der Waals surface area contributed by atoms with Crippen LogP contribution in [-0.2, 0) is 21.3 Å². The molecule has 2 aliphatic heterocycles. The van der Waals surface area contributed by atoms with Gasteiger partial charge in [0.2, 0.25) is 5.96 Å². The van der Waals surface area contributed by atoms with E-state index in [0.29, 0.717) is 16.7 Å². The van der Waals surface area contributed by atoms with E-state index in [4.69, 9.17) is 22.1 Å². The average Bonchev–Trinajstić information content (AvgIpc) is 3.26. The van der Waals surface area contributed by atoms with Crippen LogP contribution in [0.3, 0.4) is 0 Å². The van der Waals surface area contributed by atoms with Gasteiger partial charge in [-0.15, -0.1) is 11.3 Å². The van der Waals surface area contributed by atoms with E-state index in [2.05, 4.69) is 29.9 Å². The second-order valence-corrected chi connectivity index (χ2v) is 11.3. The predicted octanol–water partition coefficient (Wildman–Crippen LogP) is 4.71. The maximum Gasteiger partial charge on any atom is 0.204 e. The molecule has 0 saturated carbocycles. The van der Waals surface area contributed by atoms with Crippen molar-refractivity contribution in [1.29, 1.82) is 0 Å². The quantitative estimate of drug-likeness (QED) is 0.686. The van der Waals surface area contributed by atoms with E-state index in [1.807, 2.05) is 25.1 Å². The third kappa shape index (κ3) is 4.05. The number of hydrogen-bond acceptors (Lipinski definition) is 5. The first-order chi connectivity index (χ1) is 14.2. The van der Waals surface area contributed by atoms with E-state index >= 15 is 0 Å². The fourth-order valence-electron chi connectivity index (χ4n) is 3.92. The van der Waals surface area contributed by atoms with Crippen molar-refractivity contribution in [3.8, 4) is 10.6 Å². The highest BCUT2D eigenvalue weighted by atomic mass is 35.5. The summed E-state index contributed by atoms with van der Waals surface area (Å²) in [5.41, 5.74) is 7.20. The highest BCUT2D eigenvalue weighted by Gasteiger charge is 2.38. The zero-order valence-corrected chi connectivity index (χ0v) is 20.0. The van der Waals surface area contributed by atoms with Crippen LogP contribution in [0.5, 0.6) is 0 Å². The number of halogens is 1. The van der Waals surface area contributed by atoms with Crippen molar-refractivity contribution in [1.82, 2.24) is 9.29 Å². The Labute approximate surface area is 188 Å². The van der Waals surface area contributed by atoms with Gasteiger partial charge in [-0.2, -0.15) is 0 Å². The van der Waals surface area contributed by atoms with Crippen LogP contribution in [0.4, 0.5) is 0 Å². The smallest absolute Gasteiger partial charge is 0.204 e. The van der Waals surface area contributed by atoms with E-state index in [-0.39, 0.29) is 12.1 Å². The zero-order valence-electron chi connectivity index (χ0n) is 17.6. The molecule has 4 unspecified atom stereocenters. The molecule has 0 radical (unpaired) electrons. The first kappa shape index (κ1) is 21.5. The number of hydrogen-bond donors (Lipinski definition) is 2. The van der Waals surface area contributed by atoms with Gasteiger partial charge < -0.3 is 15.5 Å². The van der Waals surface area contributed by atoms with E-state index in [1.165, 1.54) is 4.31 Å². The van der Waals surface area contributed by atoms with Gasteiger partial charge in [0.15, 0.2) is 0 Å². The molecule has 0 fully saturated rings. The molecule has 2 aromatic heterocycles. The molecule has 0 aliphatic carbocycles. The van der Waals surface area contributed by atoms with Gasteiger partial charge in [-0.05, 0) is 56.9 Å². The van der Waals surface area contributed by atoms with E-state index in [1.54, 1.807) is 18.4 Å². The van der Waals surface area contributed by atoms with Crippen LogP contribution < -0.4 is 5.73 Å². The summed E-state index contributed by atoms with van der Waals surface area (Å²) in [6, 6.07) is 6.01. The third-order valence-electron chi connectivity index (χ3n) is 5.55. The molecular formula is C21H27ClN4O2S2. The van der Waals surface area contributed by atoms with Crippen molar-refractivity contribution in [3.63, 3.8) is 0 Å². The Hall–Kier alpha value is -1.77. The number of ether oxygens (including phenoxy) is 1. The van der Waals surface area contributed by atoms with Crippen molar-refractivity contribution in [2.75, 3.05) is 12.8 Å². The van der Waals surface area contributed by atoms with Crippen LogP contribution in [0, 0.1) is 5.92 Å². The Morgan fingerprint density at radius 1 is 1.40 bits per heavy atom. The number of guanidine groups is 1. The molecule has 9 heteroatoms. The summed E-state index contributed by atoms with van der Waals surface area (Å²) in [4.78, 5) is 9.94. The fraction of sp³-hybridized carbons (Fsp3) is 0.476. The molecule has 4 rings (SSSR count). The Bertz CT molecular complexity index is 1040. The largest absolute Gasteiger partial charge is 0.489 e. The van der Waals surface area contributed by atoms with Gasteiger partial charge in [0, 0.05) is 7.05 Å². The van der Waals surface area contributed by atoms with E-state index in [9.17, 15) is 4.21 Å². The molecule has 0 aromatic carbocycles. The summed E-state index contributed by atoms with van der Waals surface area (Å²) in [5.74, 6) is 2.11. The summed E-state index contributed by atoms with van der Waals surface area (Å²) >= 11 is 8.15. The molecule has 4 heterocycles. The lowest BCUT2D eigenvalue weighted by molar-refractivity contribution is 0.165. The first-order valence-electron chi connectivity index (χ1n) is 10.00. The molecule has 6 nitrogen and oxygen atoms in total. The highest BCUT2D eigenvalue weighted by molar-refractivity contribution is 7.83. The van der Waals surface area contributed by atoms with Gasteiger partial charge in [0.25, 0.3) is 0 Å². The lowest BCUT2D eigenvalue weighted by atomic mass is 10.0. The van der Waals surface area contributed by atoms with Gasteiger partial charge in [-0.1, -0.05) is 18.5 Å². The van der Waals surface area contributed by atoms with Crippen LogP contribution in [0.25, 0.3) is 16.3 Å². The SMILES string of the molecule is CC1CC=C(c2ccc(-c3cc(Cl)c(C4(C)CS(=O)N(C)C(N)=N4)s3)[nH]2)OC(C)C1. The van der Waals surface area contributed by atoms with Gasteiger partial charge in [-0.3, -0.25) is 4.31 Å². The lowest BCUT2D eigenvalue weighted by Gasteiger charge is -2.33. The molecule has 3 N–H and O–H groups in total. The predicted molar refractivity (Wildman–Crippen MR) is 126 cm³/mol. The van der Waals surface area contributed by atoms with Crippen LogP contribution in [0.2, 0.25) is 5.02 Å². The van der Waals surface area contributed by atoms with Crippen LogP contribution in [0.1, 0.15) is 44.2 Å². The number of thiophene rings is 1. The average molecular weight is 467 g/mol. The van der Waals surface area contributed by atoms with Gasteiger partial charge in [-0.25, -0.2) is 9.20 Å². The number of nitrogens with one attached hydrogen (secondary N) is 1. The van der Waals surface area contributed by atoms with Crippen molar-refractivity contribution < 1.29 is 8.95 Å². The number of H-pyrrole nitrogens is 1. The number of aliphatic imine (C=N–C) groups is 1. The van der Waals surface area contributed by atoms with Crippen molar-refractivity contribution in [2.24, 2.45) is 16.6 Å². The van der Waals surface area contributed by atoms with Gasteiger partial charge in [0.1, 0.15) is 22.3 Å². The zero-order chi connectivity index (χ0) is 21.6. The van der Waals surface area contributed by atoms with Crippen LogP contribution in [0.15, 0.2) is 29.3 Å². The van der Waals surface area contributed by atoms with Crippen molar-refractivity contribution in [3.05, 3.63) is 39.9 Å². The standard InChI is InChI=1S/C21H27ClN4O2S2/c1-12-5-8-17(28-13(2)9-12)15-6-7-16(24-15)18-10-14(22)19(29-18)21(3)11-30(27)26(4)20(23)25-21/h6-8,10,12-13,24H,5,9,11H2,1-4H3,(H2,23,25). The summed E-state index contributed by atoms with van der Waals surface area (Å²) in [6.45, 7) is 6.29.